The van der Waals surface area contributed by atoms with Gasteiger partial charge in [0.2, 0.25) is 0 Å². The minimum Gasteiger partial charge on any atom is -0.392 e. The van der Waals surface area contributed by atoms with Gasteiger partial charge in [-0.15, -0.1) is 0 Å². The summed E-state index contributed by atoms with van der Waals surface area (Å²) in [7, 11) is 0. The molecule has 0 saturated heterocycles. The van der Waals surface area contributed by atoms with E-state index in [2.05, 4.69) is 26.0 Å². The molecule has 5 atom stereocenters. The van der Waals surface area contributed by atoms with Gasteiger partial charge >= 0.3 is 0 Å². The van der Waals surface area contributed by atoms with Gasteiger partial charge < -0.3 is 5.11 Å². The van der Waals surface area contributed by atoms with Gasteiger partial charge in [0.1, 0.15) is 0 Å². The second kappa shape index (κ2) is 2.73. The van der Waals surface area contributed by atoms with Crippen LogP contribution in [-0.2, 0) is 0 Å². The standard InChI is InChI=1S/C13H18O/c1-7(2)12-8-3-4-9(12)11-6-5-10(8)13(11)14/h3-4,8-11,13-14H,5-6H2,1-2H3/t8-,9+,10-,11+,13?. The summed E-state index contributed by atoms with van der Waals surface area (Å²) in [5, 5.41) is 10.1. The molecule has 0 aromatic rings. The first-order valence-electron chi connectivity index (χ1n) is 5.74. The average molecular weight is 190 g/mol. The Hall–Kier alpha value is -0.560. The lowest BCUT2D eigenvalue weighted by molar-refractivity contribution is 0.0512. The van der Waals surface area contributed by atoms with Crippen LogP contribution in [0.4, 0.5) is 0 Å². The molecule has 3 rings (SSSR count). The zero-order valence-corrected chi connectivity index (χ0v) is 8.90. The predicted molar refractivity (Wildman–Crippen MR) is 56.7 cm³/mol. The van der Waals surface area contributed by atoms with Crippen molar-refractivity contribution < 1.29 is 5.11 Å². The van der Waals surface area contributed by atoms with Crippen molar-refractivity contribution in [3.8, 4) is 0 Å². The van der Waals surface area contributed by atoms with E-state index in [9.17, 15) is 5.11 Å². The molecule has 0 aromatic heterocycles. The van der Waals surface area contributed by atoms with Crippen LogP contribution in [0, 0.1) is 23.7 Å². The molecule has 2 fully saturated rings. The lowest BCUT2D eigenvalue weighted by Crippen LogP contribution is -2.36. The largest absolute Gasteiger partial charge is 0.392 e. The fraction of sp³-hybridized carbons (Fsp3) is 0.692. The highest BCUT2D eigenvalue weighted by Crippen LogP contribution is 2.56. The van der Waals surface area contributed by atoms with Crippen molar-refractivity contribution in [3.05, 3.63) is 23.3 Å². The molecule has 0 heterocycles. The zero-order chi connectivity index (χ0) is 9.87. The predicted octanol–water partition coefficient (Wildman–Crippen LogP) is 2.53. The molecule has 0 spiro atoms. The second-order valence-corrected chi connectivity index (χ2v) is 5.29. The molecule has 1 unspecified atom stereocenters. The van der Waals surface area contributed by atoms with E-state index in [4.69, 9.17) is 0 Å². The Morgan fingerprint density at radius 3 is 2.07 bits per heavy atom. The maximum atomic E-state index is 10.1. The molecule has 1 N–H and O–H groups in total. The van der Waals surface area contributed by atoms with Crippen LogP contribution in [0.15, 0.2) is 23.3 Å². The van der Waals surface area contributed by atoms with Gasteiger partial charge in [-0.25, -0.2) is 0 Å². The van der Waals surface area contributed by atoms with Crippen LogP contribution in [0.2, 0.25) is 0 Å². The average Bonchev–Trinajstić information content (AvgIpc) is 2.56. The number of aliphatic hydroxyl groups excluding tert-OH is 1. The lowest BCUT2D eigenvalue weighted by atomic mass is 9.71. The first-order valence-corrected chi connectivity index (χ1v) is 5.74. The van der Waals surface area contributed by atoms with Crippen molar-refractivity contribution in [1.82, 2.24) is 0 Å². The van der Waals surface area contributed by atoms with Gasteiger partial charge in [0, 0.05) is 11.8 Å². The minimum absolute atomic E-state index is 0.0249. The quantitative estimate of drug-likeness (QED) is 0.582. The molecule has 0 radical (unpaired) electrons. The molecule has 14 heavy (non-hydrogen) atoms. The van der Waals surface area contributed by atoms with E-state index in [0.717, 1.165) is 0 Å². The molecule has 2 saturated carbocycles. The highest BCUT2D eigenvalue weighted by molar-refractivity contribution is 5.37. The summed E-state index contributed by atoms with van der Waals surface area (Å²) in [5.74, 6) is 2.19. The van der Waals surface area contributed by atoms with Crippen LogP contribution >= 0.6 is 0 Å². The Kier molecular flexibility index (Phi) is 1.70. The van der Waals surface area contributed by atoms with Crippen molar-refractivity contribution >= 4 is 0 Å². The van der Waals surface area contributed by atoms with Gasteiger partial charge in [-0.05, 0) is 38.5 Å². The number of allylic oxidation sites excluding steroid dienone is 4. The molecule has 1 heteroatoms. The molecule has 0 aliphatic heterocycles. The number of fused-ring (bicyclic) bond motifs is 6. The van der Waals surface area contributed by atoms with E-state index < -0.39 is 0 Å². The Morgan fingerprint density at radius 2 is 1.64 bits per heavy atom. The van der Waals surface area contributed by atoms with Crippen molar-refractivity contribution in [3.63, 3.8) is 0 Å². The van der Waals surface area contributed by atoms with Crippen molar-refractivity contribution in [2.45, 2.75) is 32.8 Å². The zero-order valence-electron chi connectivity index (χ0n) is 8.90. The van der Waals surface area contributed by atoms with Gasteiger partial charge in [0.05, 0.1) is 6.10 Å². The smallest absolute Gasteiger partial charge is 0.0614 e. The number of aliphatic hydroxyl groups is 1. The van der Waals surface area contributed by atoms with Gasteiger partial charge in [0.15, 0.2) is 0 Å². The van der Waals surface area contributed by atoms with E-state index >= 15 is 0 Å². The summed E-state index contributed by atoms with van der Waals surface area (Å²) in [6.45, 7) is 4.44. The molecule has 0 amide bonds. The molecule has 4 bridgehead atoms. The summed E-state index contributed by atoms with van der Waals surface area (Å²) in [5.41, 5.74) is 3.11. The Balaban J connectivity index is 2.10. The fourth-order valence-electron chi connectivity index (χ4n) is 3.91. The highest BCUT2D eigenvalue weighted by Gasteiger charge is 2.51. The van der Waals surface area contributed by atoms with Crippen LogP contribution in [0.3, 0.4) is 0 Å². The number of rotatable bonds is 0. The van der Waals surface area contributed by atoms with Crippen molar-refractivity contribution in [1.29, 1.82) is 0 Å². The van der Waals surface area contributed by atoms with Crippen LogP contribution in [0.25, 0.3) is 0 Å². The molecule has 3 aliphatic rings. The van der Waals surface area contributed by atoms with Gasteiger partial charge in [-0.3, -0.25) is 0 Å². The molecule has 1 nitrogen and oxygen atoms in total. The van der Waals surface area contributed by atoms with E-state index in [1.165, 1.54) is 18.4 Å². The second-order valence-electron chi connectivity index (χ2n) is 5.29. The van der Waals surface area contributed by atoms with Crippen molar-refractivity contribution in [2.75, 3.05) is 0 Å². The Morgan fingerprint density at radius 1 is 1.14 bits per heavy atom. The first-order chi connectivity index (χ1) is 6.70. The fourth-order valence-corrected chi connectivity index (χ4v) is 3.91. The molecular weight excluding hydrogens is 172 g/mol. The third kappa shape index (κ3) is 0.890. The lowest BCUT2D eigenvalue weighted by Gasteiger charge is -2.36. The SMILES string of the molecule is CC(C)=C1[C@H]2C=C[C@@H]1[C@H]1CC[C@@H]2C1O. The first kappa shape index (κ1) is 8.72. The molecule has 3 aliphatic carbocycles. The maximum absolute atomic E-state index is 10.1. The maximum Gasteiger partial charge on any atom is 0.0614 e. The van der Waals surface area contributed by atoms with E-state index in [0.29, 0.717) is 23.7 Å². The highest BCUT2D eigenvalue weighted by atomic mass is 16.3. The summed E-state index contributed by atoms with van der Waals surface area (Å²) >= 11 is 0. The van der Waals surface area contributed by atoms with E-state index in [1.807, 2.05) is 0 Å². The minimum atomic E-state index is -0.0249. The van der Waals surface area contributed by atoms with E-state index in [-0.39, 0.29) is 6.10 Å². The molecular formula is C13H18O. The Bertz CT molecular complexity index is 298. The topological polar surface area (TPSA) is 20.2 Å². The summed E-state index contributed by atoms with van der Waals surface area (Å²) in [6.07, 6.45) is 7.13. The van der Waals surface area contributed by atoms with Crippen molar-refractivity contribution in [2.24, 2.45) is 23.7 Å². The summed E-state index contributed by atoms with van der Waals surface area (Å²) in [4.78, 5) is 0. The van der Waals surface area contributed by atoms with Gasteiger partial charge in [-0.2, -0.15) is 0 Å². The number of hydrogen-bond donors (Lipinski definition) is 1. The summed E-state index contributed by atoms with van der Waals surface area (Å²) < 4.78 is 0. The van der Waals surface area contributed by atoms with Gasteiger partial charge in [0.25, 0.3) is 0 Å². The molecule has 76 valence electrons. The third-order valence-corrected chi connectivity index (χ3v) is 4.45. The third-order valence-electron chi connectivity index (χ3n) is 4.45. The van der Waals surface area contributed by atoms with Crippen LogP contribution in [0.5, 0.6) is 0 Å². The monoisotopic (exact) mass is 190 g/mol. The van der Waals surface area contributed by atoms with Crippen LogP contribution < -0.4 is 0 Å². The normalized spacial score (nSPS) is 48.8. The van der Waals surface area contributed by atoms with Crippen LogP contribution in [0.1, 0.15) is 26.7 Å². The Labute approximate surface area is 85.5 Å². The van der Waals surface area contributed by atoms with E-state index in [1.54, 1.807) is 5.57 Å². The van der Waals surface area contributed by atoms with Gasteiger partial charge in [-0.1, -0.05) is 23.3 Å². The number of hydrogen-bond acceptors (Lipinski definition) is 1. The molecule has 0 aromatic carbocycles. The van der Waals surface area contributed by atoms with Crippen LogP contribution in [-0.4, -0.2) is 11.2 Å². The summed E-state index contributed by atoms with van der Waals surface area (Å²) in [6, 6.07) is 0.